The van der Waals surface area contributed by atoms with Crippen LogP contribution in [0.4, 0.5) is 5.69 Å². The van der Waals surface area contributed by atoms with Gasteiger partial charge >= 0.3 is 5.97 Å². The summed E-state index contributed by atoms with van der Waals surface area (Å²) in [4.78, 5) is 25.6. The van der Waals surface area contributed by atoms with Crippen LogP contribution in [-0.4, -0.2) is 41.8 Å². The summed E-state index contributed by atoms with van der Waals surface area (Å²) in [5.74, 6) is -1.05. The van der Waals surface area contributed by atoms with Crippen molar-refractivity contribution in [3.63, 3.8) is 0 Å². The molecule has 2 aromatic carbocycles. The largest absolute Gasteiger partial charge is 0.481 e. The lowest BCUT2D eigenvalue weighted by molar-refractivity contribution is -0.137. The van der Waals surface area contributed by atoms with Crippen molar-refractivity contribution in [2.75, 3.05) is 19.0 Å². The zero-order valence-electron chi connectivity index (χ0n) is 16.5. The van der Waals surface area contributed by atoms with E-state index >= 15 is 0 Å². The van der Waals surface area contributed by atoms with Crippen molar-refractivity contribution < 1.29 is 14.7 Å². The average molecular weight is 458 g/mol. The molecular weight excluding hydrogens is 434 g/mol. The Balaban J connectivity index is 1.86. The molecule has 0 bridgehead atoms. The quantitative estimate of drug-likeness (QED) is 0.666. The number of carbonyl (C=O) groups is 2. The summed E-state index contributed by atoms with van der Waals surface area (Å²) in [7, 11) is 3.98. The summed E-state index contributed by atoms with van der Waals surface area (Å²) in [5.41, 5.74) is 3.93. The molecule has 3 rings (SSSR count). The first kappa shape index (κ1) is 21.0. The van der Waals surface area contributed by atoms with E-state index in [1.54, 1.807) is 0 Å². The first-order valence-electron chi connectivity index (χ1n) is 9.49. The lowest BCUT2D eigenvalue weighted by atomic mass is 9.98. The molecule has 0 spiro atoms. The number of benzene rings is 2. The monoisotopic (exact) mass is 457 g/mol. The fourth-order valence-electron chi connectivity index (χ4n) is 3.35. The maximum atomic E-state index is 12.8. The van der Waals surface area contributed by atoms with Crippen molar-refractivity contribution in [3.05, 3.63) is 64.1 Å². The Morgan fingerprint density at radius 2 is 1.90 bits per heavy atom. The van der Waals surface area contributed by atoms with Gasteiger partial charge in [-0.1, -0.05) is 40.2 Å². The SMILES string of the molecule is CN(C)c1ccc(C2=NN(C(=O)CCCC(=O)O)[C@H](c3cccc(Br)c3)C2)cc1. The predicted octanol–water partition coefficient (Wildman–Crippen LogP) is 4.45. The highest BCUT2D eigenvalue weighted by Gasteiger charge is 2.32. The smallest absolute Gasteiger partial charge is 0.303 e. The first-order chi connectivity index (χ1) is 13.8. The van der Waals surface area contributed by atoms with E-state index in [0.717, 1.165) is 27.0 Å². The second-order valence-corrected chi connectivity index (χ2v) is 8.16. The Hall–Kier alpha value is -2.67. The maximum Gasteiger partial charge on any atom is 0.303 e. The third-order valence-corrected chi connectivity index (χ3v) is 5.39. The van der Waals surface area contributed by atoms with E-state index in [1.165, 1.54) is 5.01 Å². The third-order valence-electron chi connectivity index (χ3n) is 4.90. The summed E-state index contributed by atoms with van der Waals surface area (Å²) in [6, 6.07) is 15.8. The van der Waals surface area contributed by atoms with Crippen molar-refractivity contribution in [1.82, 2.24) is 5.01 Å². The summed E-state index contributed by atoms with van der Waals surface area (Å²) >= 11 is 3.49. The van der Waals surface area contributed by atoms with Gasteiger partial charge in [-0.3, -0.25) is 9.59 Å². The van der Waals surface area contributed by atoms with Crippen LogP contribution < -0.4 is 4.90 Å². The molecule has 152 valence electrons. The second-order valence-electron chi connectivity index (χ2n) is 7.25. The number of aliphatic carboxylic acids is 1. The van der Waals surface area contributed by atoms with Gasteiger partial charge in [-0.2, -0.15) is 5.10 Å². The molecule has 1 amide bonds. The molecule has 0 aliphatic carbocycles. The normalized spacial score (nSPS) is 15.9. The zero-order chi connectivity index (χ0) is 21.0. The second kappa shape index (κ2) is 9.22. The van der Waals surface area contributed by atoms with Crippen molar-refractivity contribution in [2.45, 2.75) is 31.7 Å². The number of carbonyl (C=O) groups excluding carboxylic acids is 1. The summed E-state index contributed by atoms with van der Waals surface area (Å²) in [5, 5.41) is 15.0. The van der Waals surface area contributed by atoms with Gasteiger partial charge in [-0.05, 0) is 41.8 Å². The molecule has 0 fully saturated rings. The fraction of sp³-hybridized carbons (Fsp3) is 0.318. The van der Waals surface area contributed by atoms with Crippen LogP contribution in [0.2, 0.25) is 0 Å². The van der Waals surface area contributed by atoms with E-state index in [-0.39, 0.29) is 24.8 Å². The van der Waals surface area contributed by atoms with Gasteiger partial charge in [0.25, 0.3) is 0 Å². The van der Waals surface area contributed by atoms with Crippen LogP contribution in [0.15, 0.2) is 58.1 Å². The van der Waals surface area contributed by atoms with Gasteiger partial charge in [-0.25, -0.2) is 5.01 Å². The molecule has 7 heteroatoms. The third kappa shape index (κ3) is 5.23. The first-order valence-corrected chi connectivity index (χ1v) is 10.3. The van der Waals surface area contributed by atoms with Gasteiger partial charge in [0.05, 0.1) is 11.8 Å². The minimum Gasteiger partial charge on any atom is -0.481 e. The summed E-state index contributed by atoms with van der Waals surface area (Å²) in [6.07, 6.45) is 1.05. The van der Waals surface area contributed by atoms with Gasteiger partial charge in [0.15, 0.2) is 0 Å². The Morgan fingerprint density at radius 1 is 1.17 bits per heavy atom. The Labute approximate surface area is 179 Å². The summed E-state index contributed by atoms with van der Waals surface area (Å²) in [6.45, 7) is 0. The van der Waals surface area contributed by atoms with Crippen LogP contribution >= 0.6 is 15.9 Å². The average Bonchev–Trinajstić information content (AvgIpc) is 3.13. The maximum absolute atomic E-state index is 12.8. The molecule has 1 N–H and O–H groups in total. The number of hydrazone groups is 1. The fourth-order valence-corrected chi connectivity index (χ4v) is 3.76. The van der Waals surface area contributed by atoms with Crippen LogP contribution in [0.3, 0.4) is 0 Å². The van der Waals surface area contributed by atoms with Crippen molar-refractivity contribution >= 4 is 39.2 Å². The molecular formula is C22H24BrN3O3. The number of halogens is 1. The van der Waals surface area contributed by atoms with Crippen LogP contribution in [0, 0.1) is 0 Å². The molecule has 0 unspecified atom stereocenters. The predicted molar refractivity (Wildman–Crippen MR) is 117 cm³/mol. The number of hydrogen-bond donors (Lipinski definition) is 1. The van der Waals surface area contributed by atoms with E-state index in [2.05, 4.69) is 21.0 Å². The molecule has 1 aliphatic heterocycles. The lowest BCUT2D eigenvalue weighted by Crippen LogP contribution is -2.27. The Bertz CT molecular complexity index is 925. The molecule has 0 radical (unpaired) electrons. The van der Waals surface area contributed by atoms with Gasteiger partial charge < -0.3 is 10.0 Å². The topological polar surface area (TPSA) is 73.2 Å². The Kier molecular flexibility index (Phi) is 6.69. The number of carboxylic acid groups (broad SMARTS) is 1. The van der Waals surface area contributed by atoms with E-state index in [1.807, 2.05) is 67.5 Å². The van der Waals surface area contributed by atoms with E-state index in [4.69, 9.17) is 5.11 Å². The highest BCUT2D eigenvalue weighted by Crippen LogP contribution is 2.34. The van der Waals surface area contributed by atoms with Gasteiger partial charge in [0.2, 0.25) is 5.91 Å². The van der Waals surface area contributed by atoms with Crippen molar-refractivity contribution in [2.24, 2.45) is 5.10 Å². The molecule has 29 heavy (non-hydrogen) atoms. The highest BCUT2D eigenvalue weighted by molar-refractivity contribution is 9.10. The lowest BCUT2D eigenvalue weighted by Gasteiger charge is -2.22. The number of nitrogens with zero attached hydrogens (tertiary/aromatic N) is 3. The molecule has 1 aliphatic rings. The number of rotatable bonds is 7. The number of anilines is 1. The minimum absolute atomic E-state index is 0.0241. The van der Waals surface area contributed by atoms with Crippen LogP contribution in [-0.2, 0) is 9.59 Å². The van der Waals surface area contributed by atoms with Crippen LogP contribution in [0.5, 0.6) is 0 Å². The highest BCUT2D eigenvalue weighted by atomic mass is 79.9. The van der Waals surface area contributed by atoms with Crippen molar-refractivity contribution in [3.8, 4) is 0 Å². The zero-order valence-corrected chi connectivity index (χ0v) is 18.1. The van der Waals surface area contributed by atoms with E-state index in [0.29, 0.717) is 12.8 Å². The standard InChI is InChI=1S/C22H24BrN3O3/c1-25(2)18-11-9-15(10-12-18)19-14-20(16-5-3-6-17(23)13-16)26(24-19)21(27)7-4-8-22(28)29/h3,5-6,9-13,20H,4,7-8,14H2,1-2H3,(H,28,29)/t20-/m0/s1. The molecule has 2 aromatic rings. The molecule has 0 saturated carbocycles. The van der Waals surface area contributed by atoms with E-state index in [9.17, 15) is 9.59 Å². The van der Waals surface area contributed by atoms with Crippen molar-refractivity contribution in [1.29, 1.82) is 0 Å². The number of hydrogen-bond acceptors (Lipinski definition) is 4. The van der Waals surface area contributed by atoms with Crippen LogP contribution in [0.25, 0.3) is 0 Å². The van der Waals surface area contributed by atoms with Gasteiger partial charge in [0.1, 0.15) is 0 Å². The minimum atomic E-state index is -0.895. The molecule has 0 aromatic heterocycles. The van der Waals surface area contributed by atoms with E-state index < -0.39 is 5.97 Å². The number of amides is 1. The summed E-state index contributed by atoms with van der Waals surface area (Å²) < 4.78 is 0.942. The van der Waals surface area contributed by atoms with Gasteiger partial charge in [-0.15, -0.1) is 0 Å². The van der Waals surface area contributed by atoms with Crippen LogP contribution in [0.1, 0.15) is 42.9 Å². The molecule has 0 saturated heterocycles. The molecule has 1 heterocycles. The van der Waals surface area contributed by atoms with Gasteiger partial charge in [0, 0.05) is 43.5 Å². The molecule has 6 nitrogen and oxygen atoms in total. The Morgan fingerprint density at radius 3 is 2.52 bits per heavy atom. The molecule has 1 atom stereocenters. The number of carboxylic acids is 1.